The van der Waals surface area contributed by atoms with E-state index in [4.69, 9.17) is 10.5 Å². The first-order valence-electron chi connectivity index (χ1n) is 15.8. The highest BCUT2D eigenvalue weighted by Crippen LogP contribution is 2.67. The molecule has 1 unspecified atom stereocenters. The standard InChI is InChI=1S/C33H55NO4/c1-8-20(4)25(18-29(36)30(34)19(2)3)31(37)38-23-13-15-32(6)22(17-23)9-10-24-27-12-11-26(21(5)35)33(27,7)16-14-28(24)32/h19-20,22-28,30H,8-18,34H2,1-7H3/t20?,22-,23+,24-,25-,26+,27-,28-,30-,32-,33+/m0/s1. The fourth-order valence-electron chi connectivity index (χ4n) is 9.77. The lowest BCUT2D eigenvalue weighted by atomic mass is 9.44. The Bertz CT molecular complexity index is 899. The number of rotatable bonds is 9. The molecule has 0 radical (unpaired) electrons. The zero-order chi connectivity index (χ0) is 28.0. The van der Waals surface area contributed by atoms with Crippen molar-refractivity contribution in [1.29, 1.82) is 0 Å². The molecule has 5 heteroatoms. The quantitative estimate of drug-likeness (QED) is 0.334. The summed E-state index contributed by atoms with van der Waals surface area (Å²) in [5, 5.41) is 0. The molecule has 0 heterocycles. The summed E-state index contributed by atoms with van der Waals surface area (Å²) >= 11 is 0. The molecule has 0 aliphatic heterocycles. The van der Waals surface area contributed by atoms with Gasteiger partial charge in [0, 0.05) is 12.3 Å². The van der Waals surface area contributed by atoms with Gasteiger partial charge in [-0.3, -0.25) is 14.4 Å². The van der Waals surface area contributed by atoms with Crippen molar-refractivity contribution in [2.45, 2.75) is 131 Å². The van der Waals surface area contributed by atoms with Gasteiger partial charge in [-0.1, -0.05) is 48.0 Å². The zero-order valence-electron chi connectivity index (χ0n) is 25.3. The molecule has 4 saturated carbocycles. The number of hydrogen-bond donors (Lipinski definition) is 1. The number of carbonyl (C=O) groups is 3. The summed E-state index contributed by atoms with van der Waals surface area (Å²) in [7, 11) is 0. The minimum atomic E-state index is -0.525. The normalized spacial score (nSPS) is 40.9. The van der Waals surface area contributed by atoms with E-state index in [1.54, 1.807) is 0 Å². The third kappa shape index (κ3) is 5.27. The second-order valence-electron chi connectivity index (χ2n) is 14.7. The van der Waals surface area contributed by atoms with Crippen LogP contribution in [0.2, 0.25) is 0 Å². The average molecular weight is 530 g/mol. The van der Waals surface area contributed by atoms with Gasteiger partial charge >= 0.3 is 5.97 Å². The molecule has 0 aromatic rings. The summed E-state index contributed by atoms with van der Waals surface area (Å²) in [6.07, 6.45) is 11.2. The van der Waals surface area contributed by atoms with E-state index in [-0.39, 0.29) is 47.4 Å². The molecule has 0 spiro atoms. The molecule has 4 aliphatic rings. The first-order chi connectivity index (χ1) is 17.8. The zero-order valence-corrected chi connectivity index (χ0v) is 25.3. The maximum absolute atomic E-state index is 13.4. The Labute approximate surface area is 231 Å². The van der Waals surface area contributed by atoms with Crippen LogP contribution in [0.15, 0.2) is 0 Å². The van der Waals surface area contributed by atoms with Gasteiger partial charge < -0.3 is 10.5 Å². The van der Waals surface area contributed by atoms with Crippen molar-refractivity contribution in [2.24, 2.45) is 63.9 Å². The second-order valence-corrected chi connectivity index (χ2v) is 14.7. The lowest BCUT2D eigenvalue weighted by molar-refractivity contribution is -0.169. The Hall–Kier alpha value is -1.23. The van der Waals surface area contributed by atoms with Crippen LogP contribution in [0.3, 0.4) is 0 Å². The van der Waals surface area contributed by atoms with Gasteiger partial charge in [-0.2, -0.15) is 0 Å². The lowest BCUT2D eigenvalue weighted by Gasteiger charge is -2.61. The molecule has 0 amide bonds. The number of ether oxygens (including phenoxy) is 1. The van der Waals surface area contributed by atoms with E-state index >= 15 is 0 Å². The molecule has 0 saturated heterocycles. The Kier molecular flexibility index (Phi) is 8.87. The maximum Gasteiger partial charge on any atom is 0.309 e. The Morgan fingerprint density at radius 1 is 0.921 bits per heavy atom. The topological polar surface area (TPSA) is 86.5 Å². The van der Waals surface area contributed by atoms with Crippen LogP contribution >= 0.6 is 0 Å². The van der Waals surface area contributed by atoms with Crippen LogP contribution in [0.25, 0.3) is 0 Å². The van der Waals surface area contributed by atoms with Gasteiger partial charge in [0.25, 0.3) is 0 Å². The number of hydrogen-bond acceptors (Lipinski definition) is 5. The number of carbonyl (C=O) groups excluding carboxylic acids is 3. The van der Waals surface area contributed by atoms with Gasteiger partial charge in [-0.15, -0.1) is 0 Å². The first-order valence-corrected chi connectivity index (χ1v) is 15.8. The van der Waals surface area contributed by atoms with Gasteiger partial charge in [0.2, 0.25) is 0 Å². The van der Waals surface area contributed by atoms with Crippen molar-refractivity contribution in [3.05, 3.63) is 0 Å². The molecule has 216 valence electrons. The minimum absolute atomic E-state index is 0.0278. The van der Waals surface area contributed by atoms with Crippen molar-refractivity contribution in [1.82, 2.24) is 0 Å². The largest absolute Gasteiger partial charge is 0.462 e. The van der Waals surface area contributed by atoms with Crippen molar-refractivity contribution >= 4 is 17.5 Å². The van der Waals surface area contributed by atoms with Gasteiger partial charge in [0.15, 0.2) is 5.78 Å². The number of esters is 1. The van der Waals surface area contributed by atoms with Gasteiger partial charge in [-0.25, -0.2) is 0 Å². The average Bonchev–Trinajstić information content (AvgIpc) is 3.23. The molecular weight excluding hydrogens is 474 g/mol. The van der Waals surface area contributed by atoms with Gasteiger partial charge in [0.05, 0.1) is 12.0 Å². The monoisotopic (exact) mass is 529 g/mol. The molecule has 0 aromatic carbocycles. The highest BCUT2D eigenvalue weighted by molar-refractivity contribution is 5.88. The van der Waals surface area contributed by atoms with Crippen LogP contribution < -0.4 is 5.73 Å². The summed E-state index contributed by atoms with van der Waals surface area (Å²) in [4.78, 5) is 38.6. The van der Waals surface area contributed by atoms with E-state index in [0.717, 1.165) is 43.9 Å². The van der Waals surface area contributed by atoms with Crippen LogP contribution in [0.5, 0.6) is 0 Å². The molecule has 4 fully saturated rings. The number of ketones is 2. The third-order valence-corrected chi connectivity index (χ3v) is 12.5. The molecule has 38 heavy (non-hydrogen) atoms. The lowest BCUT2D eigenvalue weighted by Crippen LogP contribution is -2.54. The van der Waals surface area contributed by atoms with E-state index in [9.17, 15) is 14.4 Å². The summed E-state index contributed by atoms with van der Waals surface area (Å²) < 4.78 is 6.20. The SMILES string of the molecule is CCC(C)[C@H](CC(=O)[C@@H](N)C(C)C)C(=O)O[C@@H]1CC[C@@]2(C)[C@@H](CC[C@@H]3[C@@H]2CC[C@]2(C)[C@@H](C(C)=O)CC[C@@H]32)C1. The van der Waals surface area contributed by atoms with Crippen LogP contribution in [0, 0.1) is 58.2 Å². The minimum Gasteiger partial charge on any atom is -0.462 e. The second kappa shape index (κ2) is 11.3. The molecule has 4 rings (SSSR count). The molecule has 11 atom stereocenters. The predicted octanol–water partition coefficient (Wildman–Crippen LogP) is 6.75. The van der Waals surface area contributed by atoms with E-state index in [1.165, 1.54) is 32.1 Å². The van der Waals surface area contributed by atoms with Crippen molar-refractivity contribution in [3.63, 3.8) is 0 Å². The van der Waals surface area contributed by atoms with E-state index in [1.807, 2.05) is 20.8 Å². The fraction of sp³-hybridized carbons (Fsp3) is 0.909. The number of Topliss-reactive ketones (excluding diaryl/α,β-unsaturated/α-hetero) is 2. The third-order valence-electron chi connectivity index (χ3n) is 12.5. The molecule has 4 aliphatic carbocycles. The number of fused-ring (bicyclic) bond motifs is 5. The molecule has 0 aromatic heterocycles. The Balaban J connectivity index is 1.41. The van der Waals surface area contributed by atoms with Gasteiger partial charge in [-0.05, 0) is 111 Å². The molecular formula is C33H55NO4. The van der Waals surface area contributed by atoms with Crippen molar-refractivity contribution in [2.75, 3.05) is 0 Å². The van der Waals surface area contributed by atoms with Crippen LogP contribution in [0.1, 0.15) is 119 Å². The van der Waals surface area contributed by atoms with E-state index < -0.39 is 12.0 Å². The highest BCUT2D eigenvalue weighted by atomic mass is 16.5. The first kappa shape index (κ1) is 29.7. The van der Waals surface area contributed by atoms with Crippen LogP contribution in [-0.2, 0) is 19.1 Å². The highest BCUT2D eigenvalue weighted by Gasteiger charge is 2.61. The summed E-state index contributed by atoms with van der Waals surface area (Å²) in [5.74, 6) is 2.93. The van der Waals surface area contributed by atoms with Crippen molar-refractivity contribution in [3.8, 4) is 0 Å². The Morgan fingerprint density at radius 2 is 1.58 bits per heavy atom. The molecule has 0 bridgehead atoms. The molecule has 5 nitrogen and oxygen atoms in total. The molecule has 2 N–H and O–H groups in total. The maximum atomic E-state index is 13.4. The van der Waals surface area contributed by atoms with Crippen molar-refractivity contribution < 1.29 is 19.1 Å². The Morgan fingerprint density at radius 3 is 2.21 bits per heavy atom. The summed E-state index contributed by atoms with van der Waals surface area (Å²) in [5.41, 5.74) is 6.62. The van der Waals surface area contributed by atoms with Crippen LogP contribution in [-0.4, -0.2) is 29.7 Å². The van der Waals surface area contributed by atoms with Crippen LogP contribution in [0.4, 0.5) is 0 Å². The smallest absolute Gasteiger partial charge is 0.309 e. The van der Waals surface area contributed by atoms with Gasteiger partial charge in [0.1, 0.15) is 11.9 Å². The van der Waals surface area contributed by atoms with E-state index in [2.05, 4.69) is 27.7 Å². The number of nitrogens with two attached hydrogens (primary N) is 1. The summed E-state index contributed by atoms with van der Waals surface area (Å²) in [6, 6.07) is -0.525. The fourth-order valence-corrected chi connectivity index (χ4v) is 9.77. The predicted molar refractivity (Wildman–Crippen MR) is 151 cm³/mol. The van der Waals surface area contributed by atoms with E-state index in [0.29, 0.717) is 23.0 Å². The summed E-state index contributed by atoms with van der Waals surface area (Å²) in [6.45, 7) is 14.8.